The van der Waals surface area contributed by atoms with Crippen molar-refractivity contribution in [1.82, 2.24) is 5.32 Å². The zero-order chi connectivity index (χ0) is 12.0. The molecule has 2 aliphatic rings. The second kappa shape index (κ2) is 3.71. The minimum atomic E-state index is -0.834. The standard InChI is InChI=1S/C12H12FNO2S/c13-9-3-1-2-8-7(9)4-5-12(8)14-10(6-17-12)11(15)16/h1-3,10,14H,4-6H2,(H,15,16)/t10-,12?/m0/s1. The highest BCUT2D eigenvalue weighted by Gasteiger charge is 2.47. The second-order valence-electron chi connectivity index (χ2n) is 4.44. The van der Waals surface area contributed by atoms with Gasteiger partial charge < -0.3 is 5.11 Å². The Balaban J connectivity index is 1.99. The van der Waals surface area contributed by atoms with E-state index in [9.17, 15) is 9.18 Å². The largest absolute Gasteiger partial charge is 0.480 e. The normalized spacial score (nSPS) is 30.8. The fourth-order valence-corrected chi connectivity index (χ4v) is 4.15. The highest BCUT2D eigenvalue weighted by atomic mass is 32.2. The molecule has 1 aliphatic carbocycles. The zero-order valence-electron chi connectivity index (χ0n) is 9.07. The van der Waals surface area contributed by atoms with E-state index in [1.54, 1.807) is 17.8 Å². The molecule has 1 aromatic carbocycles. The monoisotopic (exact) mass is 253 g/mol. The number of carboxylic acids is 1. The molecule has 0 bridgehead atoms. The van der Waals surface area contributed by atoms with Crippen LogP contribution >= 0.6 is 11.8 Å². The summed E-state index contributed by atoms with van der Waals surface area (Å²) in [4.78, 5) is 10.6. The lowest BCUT2D eigenvalue weighted by atomic mass is 10.1. The van der Waals surface area contributed by atoms with Crippen LogP contribution in [0.4, 0.5) is 4.39 Å². The lowest BCUT2D eigenvalue weighted by molar-refractivity contribution is -0.138. The number of nitrogens with one attached hydrogen (secondary N) is 1. The number of carbonyl (C=O) groups is 1. The highest BCUT2D eigenvalue weighted by Crippen LogP contribution is 2.49. The minimum Gasteiger partial charge on any atom is -0.480 e. The summed E-state index contributed by atoms with van der Waals surface area (Å²) in [7, 11) is 0. The number of rotatable bonds is 1. The summed E-state index contributed by atoms with van der Waals surface area (Å²) in [5.74, 6) is -0.481. The summed E-state index contributed by atoms with van der Waals surface area (Å²) < 4.78 is 13.6. The molecule has 2 N–H and O–H groups in total. The Bertz CT molecular complexity index is 493. The quantitative estimate of drug-likeness (QED) is 0.800. The average molecular weight is 253 g/mol. The lowest BCUT2D eigenvalue weighted by Crippen LogP contribution is -2.42. The van der Waals surface area contributed by atoms with Gasteiger partial charge in [0, 0.05) is 5.75 Å². The SMILES string of the molecule is O=C(O)[C@@H]1CSC2(CCc3c(F)cccc32)N1. The first-order valence-electron chi connectivity index (χ1n) is 5.55. The van der Waals surface area contributed by atoms with E-state index in [-0.39, 0.29) is 10.7 Å². The third-order valence-corrected chi connectivity index (χ3v) is 5.02. The van der Waals surface area contributed by atoms with Crippen molar-refractivity contribution >= 4 is 17.7 Å². The predicted molar refractivity (Wildman–Crippen MR) is 63.4 cm³/mol. The van der Waals surface area contributed by atoms with Gasteiger partial charge in [-0.3, -0.25) is 10.1 Å². The van der Waals surface area contributed by atoms with Gasteiger partial charge in [-0.25, -0.2) is 4.39 Å². The summed E-state index contributed by atoms with van der Waals surface area (Å²) in [5, 5.41) is 12.2. The Hall–Kier alpha value is -1.07. The smallest absolute Gasteiger partial charge is 0.321 e. The fourth-order valence-electron chi connectivity index (χ4n) is 2.65. The third-order valence-electron chi connectivity index (χ3n) is 3.48. The van der Waals surface area contributed by atoms with Crippen LogP contribution in [0.15, 0.2) is 18.2 Å². The molecule has 0 saturated carbocycles. The second-order valence-corrected chi connectivity index (χ2v) is 5.76. The van der Waals surface area contributed by atoms with Crippen LogP contribution in [0.3, 0.4) is 0 Å². The molecule has 5 heteroatoms. The van der Waals surface area contributed by atoms with Crippen LogP contribution in [0.1, 0.15) is 17.5 Å². The van der Waals surface area contributed by atoms with Crippen LogP contribution in [-0.4, -0.2) is 22.9 Å². The third kappa shape index (κ3) is 1.57. The minimum absolute atomic E-state index is 0.180. The number of hydrogen-bond acceptors (Lipinski definition) is 3. The topological polar surface area (TPSA) is 49.3 Å². The van der Waals surface area contributed by atoms with E-state index < -0.39 is 12.0 Å². The van der Waals surface area contributed by atoms with Gasteiger partial charge in [-0.2, -0.15) is 0 Å². The fraction of sp³-hybridized carbons (Fsp3) is 0.417. The van der Waals surface area contributed by atoms with Crippen LogP contribution in [0.25, 0.3) is 0 Å². The first-order valence-corrected chi connectivity index (χ1v) is 6.53. The Morgan fingerprint density at radius 3 is 3.12 bits per heavy atom. The molecule has 0 aromatic heterocycles. The van der Waals surface area contributed by atoms with Crippen molar-refractivity contribution in [2.45, 2.75) is 23.8 Å². The molecule has 90 valence electrons. The van der Waals surface area contributed by atoms with Crippen LogP contribution in [-0.2, 0) is 16.1 Å². The summed E-state index contributed by atoms with van der Waals surface area (Å²) in [6.07, 6.45) is 1.44. The maximum Gasteiger partial charge on any atom is 0.321 e. The van der Waals surface area contributed by atoms with Gasteiger partial charge in [0.1, 0.15) is 11.9 Å². The van der Waals surface area contributed by atoms with E-state index in [0.29, 0.717) is 12.2 Å². The number of benzene rings is 1. The number of halogens is 1. The van der Waals surface area contributed by atoms with E-state index >= 15 is 0 Å². The lowest BCUT2D eigenvalue weighted by Gasteiger charge is -2.24. The van der Waals surface area contributed by atoms with E-state index in [0.717, 1.165) is 17.5 Å². The molecule has 1 unspecified atom stereocenters. The Labute approximate surface area is 102 Å². The Morgan fingerprint density at radius 1 is 1.59 bits per heavy atom. The maximum atomic E-state index is 13.6. The molecule has 1 aliphatic heterocycles. The molecule has 0 radical (unpaired) electrons. The maximum absolute atomic E-state index is 13.6. The summed E-state index contributed by atoms with van der Waals surface area (Å²) in [6.45, 7) is 0. The van der Waals surface area contributed by atoms with E-state index in [1.807, 2.05) is 6.07 Å². The molecule has 0 amide bonds. The van der Waals surface area contributed by atoms with Gasteiger partial charge in [-0.15, -0.1) is 11.8 Å². The van der Waals surface area contributed by atoms with E-state index in [4.69, 9.17) is 5.11 Å². The molecule has 1 fully saturated rings. The molecule has 17 heavy (non-hydrogen) atoms. The number of fused-ring (bicyclic) bond motifs is 2. The summed E-state index contributed by atoms with van der Waals surface area (Å²) >= 11 is 1.58. The molecule has 1 heterocycles. The van der Waals surface area contributed by atoms with Crippen molar-refractivity contribution in [3.05, 3.63) is 35.1 Å². The Morgan fingerprint density at radius 2 is 2.41 bits per heavy atom. The molecule has 1 aromatic rings. The van der Waals surface area contributed by atoms with Crippen molar-refractivity contribution in [1.29, 1.82) is 0 Å². The van der Waals surface area contributed by atoms with E-state index in [2.05, 4.69) is 5.32 Å². The van der Waals surface area contributed by atoms with Crippen molar-refractivity contribution < 1.29 is 14.3 Å². The molecular weight excluding hydrogens is 241 g/mol. The molecule has 2 atom stereocenters. The van der Waals surface area contributed by atoms with Crippen LogP contribution in [0, 0.1) is 5.82 Å². The van der Waals surface area contributed by atoms with Crippen molar-refractivity contribution in [3.63, 3.8) is 0 Å². The molecule has 3 nitrogen and oxygen atoms in total. The average Bonchev–Trinajstić information content (AvgIpc) is 2.87. The van der Waals surface area contributed by atoms with Crippen LogP contribution in [0.5, 0.6) is 0 Å². The number of thioether (sulfide) groups is 1. The van der Waals surface area contributed by atoms with Gasteiger partial charge in [-0.1, -0.05) is 12.1 Å². The van der Waals surface area contributed by atoms with E-state index in [1.165, 1.54) is 6.07 Å². The Kier molecular flexibility index (Phi) is 2.41. The summed E-state index contributed by atoms with van der Waals surface area (Å²) in [6, 6.07) is 4.52. The number of carboxylic acid groups (broad SMARTS) is 1. The first kappa shape index (κ1) is 11.0. The van der Waals surface area contributed by atoms with Gasteiger partial charge in [0.2, 0.25) is 0 Å². The molecular formula is C12H12FNO2S. The molecule has 3 rings (SSSR count). The summed E-state index contributed by atoms with van der Waals surface area (Å²) in [5.41, 5.74) is 1.66. The van der Waals surface area contributed by atoms with Crippen molar-refractivity contribution in [2.75, 3.05) is 5.75 Å². The predicted octanol–water partition coefficient (Wildman–Crippen LogP) is 1.71. The van der Waals surface area contributed by atoms with Gasteiger partial charge in [0.25, 0.3) is 0 Å². The number of hydrogen-bond donors (Lipinski definition) is 2. The zero-order valence-corrected chi connectivity index (χ0v) is 9.89. The van der Waals surface area contributed by atoms with Gasteiger partial charge >= 0.3 is 5.97 Å². The van der Waals surface area contributed by atoms with Crippen molar-refractivity contribution in [3.8, 4) is 0 Å². The van der Waals surface area contributed by atoms with Crippen molar-refractivity contribution in [2.24, 2.45) is 0 Å². The first-order chi connectivity index (χ1) is 8.12. The van der Waals surface area contributed by atoms with Gasteiger partial charge in [-0.05, 0) is 30.0 Å². The molecule has 1 spiro atoms. The van der Waals surface area contributed by atoms with Gasteiger partial charge in [0.15, 0.2) is 0 Å². The highest BCUT2D eigenvalue weighted by molar-refractivity contribution is 8.00. The molecule has 1 saturated heterocycles. The van der Waals surface area contributed by atoms with Crippen LogP contribution < -0.4 is 5.32 Å². The van der Waals surface area contributed by atoms with Gasteiger partial charge in [0.05, 0.1) is 4.87 Å². The number of aliphatic carboxylic acids is 1. The van der Waals surface area contributed by atoms with Crippen LogP contribution in [0.2, 0.25) is 0 Å².